The lowest BCUT2D eigenvalue weighted by atomic mass is 10.2. The molecule has 0 aliphatic heterocycles. The average molecular weight is 213 g/mol. The molecule has 1 rings (SSSR count). The Morgan fingerprint density at radius 1 is 1.14 bits per heavy atom. The van der Waals surface area contributed by atoms with Crippen molar-refractivity contribution in [1.82, 2.24) is 0 Å². The number of para-hydroxylation sites is 1. The number of ether oxygens (including phenoxy) is 1. The van der Waals surface area contributed by atoms with Crippen molar-refractivity contribution in [2.45, 2.75) is 26.2 Å². The molecule has 0 fully saturated rings. The minimum Gasteiger partial charge on any atom is -0.493 e. The minimum absolute atomic E-state index is 0.754. The Hall–Kier alpha value is -0.690. The van der Waals surface area contributed by atoms with Crippen molar-refractivity contribution in [3.8, 4) is 5.75 Å². The summed E-state index contributed by atoms with van der Waals surface area (Å²) in [4.78, 5) is 0. The molecule has 0 bridgehead atoms. The normalized spacial score (nSPS) is 10.1. The van der Waals surface area contributed by atoms with Crippen LogP contribution in [0, 0.1) is 6.92 Å². The van der Waals surface area contributed by atoms with Crippen LogP contribution < -0.4 is 4.74 Å². The summed E-state index contributed by atoms with van der Waals surface area (Å²) in [5.74, 6) is 1.75. The summed E-state index contributed by atoms with van der Waals surface area (Å²) >= 11 is 5.58. The summed E-state index contributed by atoms with van der Waals surface area (Å²) in [7, 11) is 0. The second-order valence-electron chi connectivity index (χ2n) is 3.36. The average Bonchev–Trinajstić information content (AvgIpc) is 2.20. The van der Waals surface area contributed by atoms with Gasteiger partial charge in [0.05, 0.1) is 6.61 Å². The Labute approximate surface area is 91.0 Å². The molecule has 0 unspecified atom stereocenters. The lowest BCUT2D eigenvalue weighted by Crippen LogP contribution is -1.98. The van der Waals surface area contributed by atoms with Crippen LogP contribution in [0.2, 0.25) is 0 Å². The van der Waals surface area contributed by atoms with Crippen LogP contribution in [0.15, 0.2) is 24.3 Å². The van der Waals surface area contributed by atoms with Crippen molar-refractivity contribution in [3.63, 3.8) is 0 Å². The van der Waals surface area contributed by atoms with Crippen molar-refractivity contribution in [1.29, 1.82) is 0 Å². The van der Waals surface area contributed by atoms with Crippen molar-refractivity contribution in [2.75, 3.05) is 12.5 Å². The van der Waals surface area contributed by atoms with Gasteiger partial charge in [0.2, 0.25) is 0 Å². The Morgan fingerprint density at radius 3 is 2.64 bits per heavy atom. The smallest absolute Gasteiger partial charge is 0.122 e. The summed E-state index contributed by atoms with van der Waals surface area (Å²) in [5, 5.41) is 0. The van der Waals surface area contributed by atoms with Gasteiger partial charge in [-0.25, -0.2) is 0 Å². The summed E-state index contributed by atoms with van der Waals surface area (Å²) < 4.78 is 5.64. The molecule has 0 aromatic heterocycles. The largest absolute Gasteiger partial charge is 0.493 e. The van der Waals surface area contributed by atoms with Gasteiger partial charge in [-0.3, -0.25) is 0 Å². The number of aryl methyl sites for hydroxylation is 1. The molecule has 0 spiro atoms. The highest BCUT2D eigenvalue weighted by Gasteiger charge is 1.96. The molecule has 0 aliphatic carbocycles. The molecule has 0 radical (unpaired) electrons. The van der Waals surface area contributed by atoms with Gasteiger partial charge in [-0.1, -0.05) is 18.2 Å². The number of unbranched alkanes of at least 4 members (excludes halogenated alkanes) is 2. The topological polar surface area (TPSA) is 9.23 Å². The first kappa shape index (κ1) is 11.4. The fourth-order valence-corrected chi connectivity index (χ4v) is 1.46. The fraction of sp³-hybridized carbons (Fsp3) is 0.500. The van der Waals surface area contributed by atoms with Crippen LogP contribution in [0.25, 0.3) is 0 Å². The molecule has 0 aliphatic rings. The number of alkyl halides is 1. The van der Waals surface area contributed by atoms with Gasteiger partial charge in [0.1, 0.15) is 5.75 Å². The first-order valence-corrected chi connectivity index (χ1v) is 5.62. The standard InChI is InChI=1S/C12H17ClO/c1-11-7-3-4-8-12(11)14-10-6-2-5-9-13/h3-4,7-8H,2,5-6,9-10H2,1H3. The lowest BCUT2D eigenvalue weighted by Gasteiger charge is -2.07. The molecule has 2 heteroatoms. The number of benzene rings is 1. The maximum atomic E-state index is 5.64. The molecular formula is C12H17ClO. The van der Waals surface area contributed by atoms with E-state index in [9.17, 15) is 0 Å². The number of hydrogen-bond donors (Lipinski definition) is 0. The lowest BCUT2D eigenvalue weighted by molar-refractivity contribution is 0.304. The first-order valence-electron chi connectivity index (χ1n) is 5.09. The molecule has 0 saturated heterocycles. The van der Waals surface area contributed by atoms with Gasteiger partial charge in [0.25, 0.3) is 0 Å². The second kappa shape index (κ2) is 6.72. The third-order valence-electron chi connectivity index (χ3n) is 2.13. The van der Waals surface area contributed by atoms with Crippen LogP contribution >= 0.6 is 11.6 Å². The summed E-state index contributed by atoms with van der Waals surface area (Å²) in [5.41, 5.74) is 1.20. The first-order chi connectivity index (χ1) is 6.84. The van der Waals surface area contributed by atoms with Gasteiger partial charge in [0.15, 0.2) is 0 Å². The van der Waals surface area contributed by atoms with Crippen LogP contribution in [0.4, 0.5) is 0 Å². The molecule has 78 valence electrons. The number of hydrogen-bond acceptors (Lipinski definition) is 1. The second-order valence-corrected chi connectivity index (χ2v) is 3.74. The van der Waals surface area contributed by atoms with Crippen molar-refractivity contribution in [2.24, 2.45) is 0 Å². The molecule has 1 aromatic rings. The van der Waals surface area contributed by atoms with E-state index in [-0.39, 0.29) is 0 Å². The van der Waals surface area contributed by atoms with E-state index in [4.69, 9.17) is 16.3 Å². The van der Waals surface area contributed by atoms with Crippen LogP contribution in [-0.4, -0.2) is 12.5 Å². The van der Waals surface area contributed by atoms with Gasteiger partial charge in [-0.15, -0.1) is 11.6 Å². The van der Waals surface area contributed by atoms with Gasteiger partial charge in [0, 0.05) is 5.88 Å². The zero-order valence-corrected chi connectivity index (χ0v) is 9.39. The van der Waals surface area contributed by atoms with Crippen LogP contribution in [0.1, 0.15) is 24.8 Å². The van der Waals surface area contributed by atoms with Crippen LogP contribution in [0.5, 0.6) is 5.75 Å². The highest BCUT2D eigenvalue weighted by atomic mass is 35.5. The zero-order valence-electron chi connectivity index (χ0n) is 8.63. The van der Waals surface area contributed by atoms with Gasteiger partial charge < -0.3 is 4.74 Å². The summed E-state index contributed by atoms with van der Waals surface area (Å²) in [6.07, 6.45) is 3.31. The maximum absolute atomic E-state index is 5.64. The zero-order chi connectivity index (χ0) is 10.2. The maximum Gasteiger partial charge on any atom is 0.122 e. The van der Waals surface area contributed by atoms with E-state index in [1.807, 2.05) is 18.2 Å². The Morgan fingerprint density at radius 2 is 1.93 bits per heavy atom. The molecule has 0 amide bonds. The molecule has 0 N–H and O–H groups in total. The third-order valence-corrected chi connectivity index (χ3v) is 2.40. The highest BCUT2D eigenvalue weighted by Crippen LogP contribution is 2.16. The third kappa shape index (κ3) is 4.01. The molecule has 1 nitrogen and oxygen atoms in total. The predicted octanol–water partition coefficient (Wildman–Crippen LogP) is 3.78. The molecule has 0 atom stereocenters. The Bertz CT molecular complexity index is 260. The van der Waals surface area contributed by atoms with E-state index >= 15 is 0 Å². The molecule has 14 heavy (non-hydrogen) atoms. The number of halogens is 1. The fourth-order valence-electron chi connectivity index (χ4n) is 1.27. The molecule has 0 heterocycles. The molecule has 0 saturated carbocycles. The van der Waals surface area contributed by atoms with Crippen LogP contribution in [-0.2, 0) is 0 Å². The van der Waals surface area contributed by atoms with E-state index in [0.717, 1.165) is 37.5 Å². The van der Waals surface area contributed by atoms with E-state index < -0.39 is 0 Å². The Kier molecular flexibility index (Phi) is 5.46. The van der Waals surface area contributed by atoms with E-state index in [0.29, 0.717) is 0 Å². The monoisotopic (exact) mass is 212 g/mol. The van der Waals surface area contributed by atoms with Crippen molar-refractivity contribution < 1.29 is 4.74 Å². The van der Waals surface area contributed by atoms with E-state index in [1.165, 1.54) is 5.56 Å². The van der Waals surface area contributed by atoms with Gasteiger partial charge in [-0.05, 0) is 37.8 Å². The van der Waals surface area contributed by atoms with Gasteiger partial charge >= 0.3 is 0 Å². The van der Waals surface area contributed by atoms with Crippen molar-refractivity contribution in [3.05, 3.63) is 29.8 Å². The Balaban J connectivity index is 2.21. The van der Waals surface area contributed by atoms with Crippen molar-refractivity contribution >= 4 is 11.6 Å². The van der Waals surface area contributed by atoms with Gasteiger partial charge in [-0.2, -0.15) is 0 Å². The molecule has 1 aromatic carbocycles. The number of rotatable bonds is 6. The quantitative estimate of drug-likeness (QED) is 0.515. The summed E-state index contributed by atoms with van der Waals surface area (Å²) in [6.45, 7) is 2.86. The minimum atomic E-state index is 0.754. The predicted molar refractivity (Wildman–Crippen MR) is 61.2 cm³/mol. The summed E-state index contributed by atoms with van der Waals surface area (Å²) in [6, 6.07) is 8.10. The van der Waals surface area contributed by atoms with Crippen LogP contribution in [0.3, 0.4) is 0 Å². The highest BCUT2D eigenvalue weighted by molar-refractivity contribution is 6.17. The van der Waals surface area contributed by atoms with E-state index in [2.05, 4.69) is 13.0 Å². The SMILES string of the molecule is Cc1ccccc1OCCCCCCl. The molecular weight excluding hydrogens is 196 g/mol. The van der Waals surface area contributed by atoms with E-state index in [1.54, 1.807) is 0 Å².